The molecule has 0 radical (unpaired) electrons. The van der Waals surface area contributed by atoms with E-state index in [4.69, 9.17) is 19.9 Å². The molecule has 1 rings (SSSR count). The molecule has 5 nitrogen and oxygen atoms in total. The van der Waals surface area contributed by atoms with Crippen LogP contribution in [0.15, 0.2) is 18.5 Å². The lowest BCUT2D eigenvalue weighted by atomic mass is 10.2. The Morgan fingerprint density at radius 1 is 1.00 bits per heavy atom. The quantitative estimate of drug-likeness (QED) is 0.594. The maximum atomic E-state index is 5.82. The predicted molar refractivity (Wildman–Crippen MR) is 79.7 cm³/mol. The highest BCUT2D eigenvalue weighted by molar-refractivity contribution is 5.44. The van der Waals surface area contributed by atoms with Crippen LogP contribution in [0.1, 0.15) is 25.3 Å². The van der Waals surface area contributed by atoms with Crippen molar-refractivity contribution in [2.45, 2.75) is 26.2 Å². The third kappa shape index (κ3) is 8.09. The van der Waals surface area contributed by atoms with Crippen LogP contribution in [-0.4, -0.2) is 44.6 Å². The number of rotatable bonds is 12. The van der Waals surface area contributed by atoms with Gasteiger partial charge >= 0.3 is 0 Å². The Bertz CT molecular complexity index is 348. The molecule has 114 valence electrons. The van der Waals surface area contributed by atoms with Gasteiger partial charge in [0.1, 0.15) is 0 Å². The van der Waals surface area contributed by atoms with Crippen molar-refractivity contribution in [2.75, 3.05) is 45.4 Å². The minimum absolute atomic E-state index is 0.592. The summed E-state index contributed by atoms with van der Waals surface area (Å²) in [7, 11) is 0. The Hall–Kier alpha value is -1.17. The summed E-state index contributed by atoms with van der Waals surface area (Å²) in [6.45, 7) is 6.08. The number of nitrogens with two attached hydrogens (primary N) is 1. The van der Waals surface area contributed by atoms with E-state index in [-0.39, 0.29) is 0 Å². The number of nitrogens with zero attached hydrogens (tertiary/aromatic N) is 1. The molecule has 0 saturated heterocycles. The summed E-state index contributed by atoms with van der Waals surface area (Å²) in [5, 5.41) is 0. The van der Waals surface area contributed by atoms with E-state index >= 15 is 0 Å². The Labute approximate surface area is 121 Å². The van der Waals surface area contributed by atoms with E-state index in [2.05, 4.69) is 11.9 Å². The Kier molecular flexibility index (Phi) is 9.83. The van der Waals surface area contributed by atoms with Crippen LogP contribution in [0.2, 0.25) is 0 Å². The van der Waals surface area contributed by atoms with E-state index in [1.807, 2.05) is 0 Å². The van der Waals surface area contributed by atoms with Gasteiger partial charge in [0, 0.05) is 24.7 Å². The normalized spacial score (nSPS) is 10.8. The molecule has 0 aliphatic carbocycles. The number of anilines is 1. The van der Waals surface area contributed by atoms with Gasteiger partial charge in [0.25, 0.3) is 0 Å². The summed E-state index contributed by atoms with van der Waals surface area (Å²) < 4.78 is 16.3. The topological polar surface area (TPSA) is 66.6 Å². The zero-order valence-corrected chi connectivity index (χ0v) is 12.3. The molecule has 0 atom stereocenters. The minimum atomic E-state index is 0.592. The zero-order chi connectivity index (χ0) is 14.5. The first-order chi connectivity index (χ1) is 9.84. The molecule has 0 aliphatic rings. The maximum absolute atomic E-state index is 5.82. The second-order valence-electron chi connectivity index (χ2n) is 4.52. The summed E-state index contributed by atoms with van der Waals surface area (Å²) in [6, 6.07) is 1.80. The number of ether oxygens (including phenoxy) is 3. The molecule has 0 amide bonds. The van der Waals surface area contributed by atoms with Crippen molar-refractivity contribution in [2.24, 2.45) is 0 Å². The molecule has 0 aliphatic heterocycles. The maximum Gasteiger partial charge on any atom is 0.0701 e. The van der Waals surface area contributed by atoms with Gasteiger partial charge in [-0.05, 0) is 24.5 Å². The number of unbranched alkanes of at least 4 members (excludes halogenated alkanes) is 1. The molecule has 0 spiro atoms. The summed E-state index contributed by atoms with van der Waals surface area (Å²) in [6.07, 6.45) is 6.52. The SMILES string of the molecule is CCCCOCCOCCOCCc1cnccc1N. The highest BCUT2D eigenvalue weighted by Gasteiger charge is 1.98. The standard InChI is InChI=1S/C15H26N2O3/c1-2-3-7-18-9-11-20-12-10-19-8-5-14-13-17-6-4-15(14)16/h4,6,13H,2-3,5,7-12H2,1H3,(H2,16,17). The highest BCUT2D eigenvalue weighted by atomic mass is 16.5. The Balaban J connectivity index is 1.87. The Morgan fingerprint density at radius 3 is 2.30 bits per heavy atom. The molecule has 0 fully saturated rings. The van der Waals surface area contributed by atoms with Crippen molar-refractivity contribution in [1.29, 1.82) is 0 Å². The number of nitrogen functional groups attached to an aromatic ring is 1. The monoisotopic (exact) mass is 282 g/mol. The van der Waals surface area contributed by atoms with Crippen LogP contribution in [0.4, 0.5) is 5.69 Å². The molecule has 2 N–H and O–H groups in total. The van der Waals surface area contributed by atoms with Crippen LogP contribution < -0.4 is 5.73 Å². The van der Waals surface area contributed by atoms with E-state index in [1.165, 1.54) is 0 Å². The van der Waals surface area contributed by atoms with Crippen LogP contribution >= 0.6 is 0 Å². The lowest BCUT2D eigenvalue weighted by Crippen LogP contribution is -2.11. The van der Waals surface area contributed by atoms with Crippen molar-refractivity contribution < 1.29 is 14.2 Å². The van der Waals surface area contributed by atoms with Crippen molar-refractivity contribution >= 4 is 5.69 Å². The first-order valence-electron chi connectivity index (χ1n) is 7.26. The molecule has 0 aromatic carbocycles. The van der Waals surface area contributed by atoms with Gasteiger partial charge in [-0.25, -0.2) is 0 Å². The first kappa shape index (κ1) is 16.9. The molecule has 5 heteroatoms. The van der Waals surface area contributed by atoms with Crippen LogP contribution in [0.3, 0.4) is 0 Å². The highest BCUT2D eigenvalue weighted by Crippen LogP contribution is 2.08. The van der Waals surface area contributed by atoms with Gasteiger partial charge in [-0.15, -0.1) is 0 Å². The average Bonchev–Trinajstić information content (AvgIpc) is 2.46. The summed E-state index contributed by atoms with van der Waals surface area (Å²) in [5.74, 6) is 0. The lowest BCUT2D eigenvalue weighted by molar-refractivity contribution is 0.0146. The van der Waals surface area contributed by atoms with Crippen molar-refractivity contribution in [3.05, 3.63) is 24.0 Å². The van der Waals surface area contributed by atoms with E-state index < -0.39 is 0 Å². The number of aromatic nitrogens is 1. The van der Waals surface area contributed by atoms with E-state index in [0.717, 1.165) is 37.1 Å². The molecule has 1 aromatic heterocycles. The molecule has 1 heterocycles. The number of hydrogen-bond acceptors (Lipinski definition) is 5. The Morgan fingerprint density at radius 2 is 1.65 bits per heavy atom. The summed E-state index contributed by atoms with van der Waals surface area (Å²) in [4.78, 5) is 4.04. The number of hydrogen-bond donors (Lipinski definition) is 1. The van der Waals surface area contributed by atoms with Crippen molar-refractivity contribution in [3.8, 4) is 0 Å². The van der Waals surface area contributed by atoms with Crippen molar-refractivity contribution in [1.82, 2.24) is 4.98 Å². The van der Waals surface area contributed by atoms with Gasteiger partial charge in [-0.2, -0.15) is 0 Å². The summed E-state index contributed by atoms with van der Waals surface area (Å²) >= 11 is 0. The third-order valence-electron chi connectivity index (χ3n) is 2.84. The largest absolute Gasteiger partial charge is 0.398 e. The summed E-state index contributed by atoms with van der Waals surface area (Å²) in [5.41, 5.74) is 7.61. The van der Waals surface area contributed by atoms with E-state index in [1.54, 1.807) is 18.5 Å². The average molecular weight is 282 g/mol. The van der Waals surface area contributed by atoms with Crippen LogP contribution in [-0.2, 0) is 20.6 Å². The van der Waals surface area contributed by atoms with Crippen LogP contribution in [0.5, 0.6) is 0 Å². The molecule has 0 bridgehead atoms. The fourth-order valence-electron chi connectivity index (χ4n) is 1.62. The third-order valence-corrected chi connectivity index (χ3v) is 2.84. The molecule has 0 saturated carbocycles. The second-order valence-corrected chi connectivity index (χ2v) is 4.52. The lowest BCUT2D eigenvalue weighted by Gasteiger charge is -2.07. The molecule has 0 unspecified atom stereocenters. The zero-order valence-electron chi connectivity index (χ0n) is 12.3. The smallest absolute Gasteiger partial charge is 0.0701 e. The fourth-order valence-corrected chi connectivity index (χ4v) is 1.62. The number of pyridine rings is 1. The van der Waals surface area contributed by atoms with E-state index in [0.29, 0.717) is 33.0 Å². The molecule has 1 aromatic rings. The minimum Gasteiger partial charge on any atom is -0.398 e. The van der Waals surface area contributed by atoms with Gasteiger partial charge in [0.15, 0.2) is 0 Å². The second kappa shape index (κ2) is 11.6. The van der Waals surface area contributed by atoms with Crippen LogP contribution in [0.25, 0.3) is 0 Å². The van der Waals surface area contributed by atoms with Crippen LogP contribution in [0, 0.1) is 0 Å². The fraction of sp³-hybridized carbons (Fsp3) is 0.667. The van der Waals surface area contributed by atoms with Gasteiger partial charge in [0.05, 0.1) is 33.0 Å². The molecular weight excluding hydrogens is 256 g/mol. The van der Waals surface area contributed by atoms with Gasteiger partial charge in [0.2, 0.25) is 0 Å². The van der Waals surface area contributed by atoms with Gasteiger partial charge in [-0.1, -0.05) is 13.3 Å². The predicted octanol–water partition coefficient (Wildman–Crippen LogP) is 2.06. The van der Waals surface area contributed by atoms with E-state index in [9.17, 15) is 0 Å². The first-order valence-corrected chi connectivity index (χ1v) is 7.26. The molecule has 20 heavy (non-hydrogen) atoms. The van der Waals surface area contributed by atoms with Gasteiger partial charge < -0.3 is 19.9 Å². The molecular formula is C15H26N2O3. The van der Waals surface area contributed by atoms with Gasteiger partial charge in [-0.3, -0.25) is 4.98 Å². The van der Waals surface area contributed by atoms with Crippen molar-refractivity contribution in [3.63, 3.8) is 0 Å².